The van der Waals surface area contributed by atoms with Gasteiger partial charge in [0.25, 0.3) is 0 Å². The molecule has 0 aromatic heterocycles. The first-order valence-corrected chi connectivity index (χ1v) is 6.12. The van der Waals surface area contributed by atoms with Gasteiger partial charge in [0.2, 0.25) is 0 Å². The van der Waals surface area contributed by atoms with Gasteiger partial charge < -0.3 is 4.74 Å². The lowest BCUT2D eigenvalue weighted by Gasteiger charge is -2.13. The molecule has 0 aliphatic rings. The lowest BCUT2D eigenvalue weighted by molar-refractivity contribution is -0.143. The Morgan fingerprint density at radius 2 is 2.06 bits per heavy atom. The molecular weight excluding hydrogens is 200 g/mol. The fourth-order valence-electron chi connectivity index (χ4n) is 1.67. The van der Waals surface area contributed by atoms with Crippen molar-refractivity contribution < 1.29 is 9.53 Å². The molecule has 0 radical (unpaired) electrons. The van der Waals surface area contributed by atoms with Crippen molar-refractivity contribution >= 4 is 5.97 Å². The Balaban J connectivity index is 3.85. The van der Waals surface area contributed by atoms with E-state index in [0.717, 1.165) is 12.8 Å². The highest BCUT2D eigenvalue weighted by Gasteiger charge is 2.12. The Bertz CT molecular complexity index is 209. The quantitative estimate of drug-likeness (QED) is 0.320. The zero-order valence-electron chi connectivity index (χ0n) is 10.4. The fraction of sp³-hybridized carbons (Fsp3) is 0.643. The van der Waals surface area contributed by atoms with Gasteiger partial charge in [0.1, 0.15) is 6.61 Å². The van der Waals surface area contributed by atoms with Crippen molar-refractivity contribution in [3.63, 3.8) is 0 Å². The maximum absolute atomic E-state index is 11.4. The Hall–Kier alpha value is -1.05. The molecule has 0 aliphatic heterocycles. The molecule has 0 N–H and O–H groups in total. The molecule has 1 atom stereocenters. The van der Waals surface area contributed by atoms with Crippen LogP contribution in [0.5, 0.6) is 0 Å². The summed E-state index contributed by atoms with van der Waals surface area (Å²) in [5.74, 6) is 0.268. The molecule has 2 nitrogen and oxygen atoms in total. The number of hydrogen-bond donors (Lipinski definition) is 0. The summed E-state index contributed by atoms with van der Waals surface area (Å²) in [6, 6.07) is 0. The van der Waals surface area contributed by atoms with Crippen LogP contribution in [0, 0.1) is 5.92 Å². The Labute approximate surface area is 99.4 Å². The third kappa shape index (κ3) is 8.27. The minimum Gasteiger partial charge on any atom is -0.461 e. The molecule has 0 fully saturated rings. The molecule has 2 heteroatoms. The van der Waals surface area contributed by atoms with Gasteiger partial charge in [0.05, 0.1) is 0 Å². The summed E-state index contributed by atoms with van der Waals surface area (Å²) in [6.07, 6.45) is 9.59. The minimum atomic E-state index is -0.122. The average Bonchev–Trinajstić information content (AvgIpc) is 2.27. The Kier molecular flexibility index (Phi) is 9.78. The first-order chi connectivity index (χ1) is 7.74. The van der Waals surface area contributed by atoms with E-state index in [1.54, 1.807) is 6.08 Å². The van der Waals surface area contributed by atoms with Crippen LogP contribution in [0.4, 0.5) is 0 Å². The van der Waals surface area contributed by atoms with Gasteiger partial charge in [-0.15, -0.1) is 6.58 Å². The Morgan fingerprint density at radius 3 is 2.62 bits per heavy atom. The maximum atomic E-state index is 11.4. The molecule has 0 aromatic carbocycles. The highest BCUT2D eigenvalue weighted by atomic mass is 16.5. The van der Waals surface area contributed by atoms with E-state index >= 15 is 0 Å². The van der Waals surface area contributed by atoms with Crippen molar-refractivity contribution in [3.8, 4) is 0 Å². The lowest BCUT2D eigenvalue weighted by Crippen LogP contribution is -2.11. The van der Waals surface area contributed by atoms with Gasteiger partial charge in [-0.1, -0.05) is 44.9 Å². The molecular formula is C14H24O2. The van der Waals surface area contributed by atoms with Crippen LogP contribution in [0.3, 0.4) is 0 Å². The topological polar surface area (TPSA) is 26.3 Å². The van der Waals surface area contributed by atoms with Crippen molar-refractivity contribution in [2.45, 2.75) is 45.4 Å². The van der Waals surface area contributed by atoms with E-state index in [0.29, 0.717) is 18.9 Å². The smallest absolute Gasteiger partial charge is 0.306 e. The molecule has 0 aliphatic carbocycles. The number of rotatable bonds is 10. The number of hydrogen-bond acceptors (Lipinski definition) is 2. The lowest BCUT2D eigenvalue weighted by atomic mass is 9.94. The van der Waals surface area contributed by atoms with Crippen molar-refractivity contribution in [1.82, 2.24) is 0 Å². The predicted molar refractivity (Wildman–Crippen MR) is 68.2 cm³/mol. The van der Waals surface area contributed by atoms with E-state index in [2.05, 4.69) is 20.1 Å². The number of unbranched alkanes of at least 4 members (excludes halogenated alkanes) is 2. The standard InChI is InChI=1S/C14H24O2/c1-4-7-8-10-13(9-5-2)12-14(15)16-11-6-3/h5-6,13H,2-4,7-12H2,1H3. The summed E-state index contributed by atoms with van der Waals surface area (Å²) < 4.78 is 4.98. The van der Waals surface area contributed by atoms with Crippen molar-refractivity contribution in [3.05, 3.63) is 25.3 Å². The minimum absolute atomic E-state index is 0.122. The second-order valence-electron chi connectivity index (χ2n) is 4.06. The summed E-state index contributed by atoms with van der Waals surface area (Å²) >= 11 is 0. The number of carbonyl (C=O) groups is 1. The van der Waals surface area contributed by atoms with Crippen LogP contribution < -0.4 is 0 Å². The first kappa shape index (κ1) is 14.9. The fourth-order valence-corrected chi connectivity index (χ4v) is 1.67. The van der Waals surface area contributed by atoms with E-state index in [9.17, 15) is 4.79 Å². The SMILES string of the molecule is C=CCOC(=O)CC(CC=C)CCCCC. The van der Waals surface area contributed by atoms with Crippen LogP contribution in [0.25, 0.3) is 0 Å². The third-order valence-electron chi connectivity index (χ3n) is 2.53. The second-order valence-corrected chi connectivity index (χ2v) is 4.06. The van der Waals surface area contributed by atoms with Gasteiger partial charge in [0, 0.05) is 6.42 Å². The zero-order chi connectivity index (χ0) is 12.2. The van der Waals surface area contributed by atoms with Crippen LogP contribution in [-0.4, -0.2) is 12.6 Å². The van der Waals surface area contributed by atoms with Crippen LogP contribution >= 0.6 is 0 Å². The highest BCUT2D eigenvalue weighted by molar-refractivity contribution is 5.69. The van der Waals surface area contributed by atoms with Crippen LogP contribution in [-0.2, 0) is 9.53 Å². The zero-order valence-corrected chi connectivity index (χ0v) is 10.4. The molecule has 0 saturated heterocycles. The van der Waals surface area contributed by atoms with E-state index < -0.39 is 0 Å². The van der Waals surface area contributed by atoms with E-state index in [1.165, 1.54) is 19.3 Å². The van der Waals surface area contributed by atoms with Crippen LogP contribution in [0.1, 0.15) is 45.4 Å². The van der Waals surface area contributed by atoms with Crippen molar-refractivity contribution in [2.75, 3.05) is 6.61 Å². The second kappa shape index (κ2) is 10.5. The van der Waals surface area contributed by atoms with Gasteiger partial charge in [-0.05, 0) is 18.8 Å². The Morgan fingerprint density at radius 1 is 1.31 bits per heavy atom. The van der Waals surface area contributed by atoms with Crippen molar-refractivity contribution in [1.29, 1.82) is 0 Å². The molecule has 0 amide bonds. The van der Waals surface area contributed by atoms with Gasteiger partial charge in [-0.3, -0.25) is 4.79 Å². The largest absolute Gasteiger partial charge is 0.461 e. The van der Waals surface area contributed by atoms with E-state index in [4.69, 9.17) is 4.74 Å². The number of carbonyl (C=O) groups excluding carboxylic acids is 1. The number of allylic oxidation sites excluding steroid dienone is 1. The van der Waals surface area contributed by atoms with Gasteiger partial charge in [-0.25, -0.2) is 0 Å². The molecule has 92 valence electrons. The molecule has 0 aromatic rings. The summed E-state index contributed by atoms with van der Waals surface area (Å²) in [7, 11) is 0. The van der Waals surface area contributed by atoms with Crippen LogP contribution in [0.2, 0.25) is 0 Å². The summed E-state index contributed by atoms with van der Waals surface area (Å²) in [5.41, 5.74) is 0. The van der Waals surface area contributed by atoms with Gasteiger partial charge >= 0.3 is 5.97 Å². The third-order valence-corrected chi connectivity index (χ3v) is 2.53. The first-order valence-electron chi connectivity index (χ1n) is 6.12. The molecule has 0 rings (SSSR count). The number of ether oxygens (including phenoxy) is 1. The summed E-state index contributed by atoms with van der Waals surface area (Å²) in [5, 5.41) is 0. The summed E-state index contributed by atoms with van der Waals surface area (Å²) in [4.78, 5) is 11.4. The van der Waals surface area contributed by atoms with E-state index in [1.807, 2.05) is 6.08 Å². The molecule has 0 saturated carbocycles. The van der Waals surface area contributed by atoms with Crippen LogP contribution in [0.15, 0.2) is 25.3 Å². The van der Waals surface area contributed by atoms with Gasteiger partial charge in [-0.2, -0.15) is 0 Å². The van der Waals surface area contributed by atoms with E-state index in [-0.39, 0.29) is 5.97 Å². The average molecular weight is 224 g/mol. The normalized spacial score (nSPS) is 11.8. The predicted octanol–water partition coefficient (Wildman–Crippen LogP) is 3.88. The van der Waals surface area contributed by atoms with Gasteiger partial charge in [0.15, 0.2) is 0 Å². The molecule has 0 spiro atoms. The summed E-state index contributed by atoms with van der Waals surface area (Å²) in [6.45, 7) is 9.74. The molecule has 1 unspecified atom stereocenters. The van der Waals surface area contributed by atoms with Crippen molar-refractivity contribution in [2.24, 2.45) is 5.92 Å². The monoisotopic (exact) mass is 224 g/mol. The molecule has 0 heterocycles. The maximum Gasteiger partial charge on any atom is 0.306 e. The molecule has 0 bridgehead atoms. The molecule has 16 heavy (non-hydrogen) atoms. The highest BCUT2D eigenvalue weighted by Crippen LogP contribution is 2.18. The number of esters is 1.